The number of aliphatic hydroxyl groups is 1. The van der Waals surface area contributed by atoms with E-state index >= 15 is 0 Å². The lowest BCUT2D eigenvalue weighted by atomic mass is 10.1. The largest absolute Gasteiger partial charge is 0.488 e. The van der Waals surface area contributed by atoms with E-state index in [0.29, 0.717) is 6.54 Å². The van der Waals surface area contributed by atoms with Crippen molar-refractivity contribution in [2.45, 2.75) is 19.6 Å². The average molecular weight is 358 g/mol. The van der Waals surface area contributed by atoms with Gasteiger partial charge in [0.15, 0.2) is 11.6 Å². The van der Waals surface area contributed by atoms with Crippen molar-refractivity contribution in [3.05, 3.63) is 65.5 Å². The van der Waals surface area contributed by atoms with Gasteiger partial charge in [0, 0.05) is 39.3 Å². The van der Waals surface area contributed by atoms with E-state index in [1.807, 2.05) is 0 Å². The van der Waals surface area contributed by atoms with Crippen LogP contribution < -0.4 is 4.74 Å². The molecule has 1 aliphatic rings. The summed E-state index contributed by atoms with van der Waals surface area (Å²) in [4.78, 5) is 4.68. The maximum Gasteiger partial charge on any atom is 0.165 e. The van der Waals surface area contributed by atoms with Gasteiger partial charge in [0.2, 0.25) is 0 Å². The first-order chi connectivity index (χ1) is 12.6. The van der Waals surface area contributed by atoms with Gasteiger partial charge in [-0.2, -0.15) is 0 Å². The highest BCUT2D eigenvalue weighted by Crippen LogP contribution is 2.16. The molecule has 0 amide bonds. The predicted molar refractivity (Wildman–Crippen MR) is 101 cm³/mol. The lowest BCUT2D eigenvalue weighted by Crippen LogP contribution is -2.48. The standard InChI is InChI=1S/C21H27FN2O2/c1-17-5-4-6-18(13-17)14-23-9-11-24(12-10-23)15-19(25)16-26-21-8-3-2-7-20(21)22/h2-8,13,19,25H,9-12,14-16H2,1H3. The molecular weight excluding hydrogens is 331 g/mol. The molecular formula is C21H27FN2O2. The Labute approximate surface area is 154 Å². The number of hydrogen-bond donors (Lipinski definition) is 1. The summed E-state index contributed by atoms with van der Waals surface area (Å²) >= 11 is 0. The Hall–Kier alpha value is -1.95. The molecule has 0 radical (unpaired) electrons. The van der Waals surface area contributed by atoms with Crippen LogP contribution in [0.5, 0.6) is 5.75 Å². The lowest BCUT2D eigenvalue weighted by molar-refractivity contribution is 0.0437. The molecule has 2 aromatic rings. The summed E-state index contributed by atoms with van der Waals surface area (Å²) in [7, 11) is 0. The fraction of sp³-hybridized carbons (Fsp3) is 0.429. The maximum absolute atomic E-state index is 13.5. The van der Waals surface area contributed by atoms with Gasteiger partial charge in [-0.3, -0.25) is 9.80 Å². The third kappa shape index (κ3) is 5.53. The van der Waals surface area contributed by atoms with Gasteiger partial charge in [0.05, 0.1) is 0 Å². The number of piperazine rings is 1. The van der Waals surface area contributed by atoms with E-state index in [1.54, 1.807) is 18.2 Å². The first-order valence-corrected chi connectivity index (χ1v) is 9.16. The number of hydrogen-bond acceptors (Lipinski definition) is 4. The van der Waals surface area contributed by atoms with Crippen LogP contribution in [-0.2, 0) is 6.54 Å². The van der Waals surface area contributed by atoms with Gasteiger partial charge in [0.25, 0.3) is 0 Å². The zero-order valence-corrected chi connectivity index (χ0v) is 15.3. The van der Waals surface area contributed by atoms with E-state index in [9.17, 15) is 9.50 Å². The summed E-state index contributed by atoms with van der Waals surface area (Å²) in [6, 6.07) is 14.9. The van der Waals surface area contributed by atoms with E-state index < -0.39 is 11.9 Å². The summed E-state index contributed by atoms with van der Waals surface area (Å²) < 4.78 is 18.9. The van der Waals surface area contributed by atoms with Gasteiger partial charge >= 0.3 is 0 Å². The van der Waals surface area contributed by atoms with Crippen LogP contribution in [0.3, 0.4) is 0 Å². The van der Waals surface area contributed by atoms with Crippen LogP contribution in [0.25, 0.3) is 0 Å². The van der Waals surface area contributed by atoms with Gasteiger partial charge in [-0.25, -0.2) is 4.39 Å². The lowest BCUT2D eigenvalue weighted by Gasteiger charge is -2.35. The highest BCUT2D eigenvalue weighted by atomic mass is 19.1. The quantitative estimate of drug-likeness (QED) is 0.826. The number of aryl methyl sites for hydroxylation is 1. The molecule has 5 heteroatoms. The Balaban J connectivity index is 1.38. The molecule has 0 saturated carbocycles. The minimum atomic E-state index is -0.627. The molecule has 2 aromatic carbocycles. The smallest absolute Gasteiger partial charge is 0.165 e. The molecule has 4 nitrogen and oxygen atoms in total. The molecule has 1 saturated heterocycles. The second kappa shape index (κ2) is 9.12. The Kier molecular flexibility index (Phi) is 6.61. The fourth-order valence-electron chi connectivity index (χ4n) is 3.30. The van der Waals surface area contributed by atoms with Gasteiger partial charge in [-0.15, -0.1) is 0 Å². The molecule has 1 unspecified atom stereocenters. The van der Waals surface area contributed by atoms with Crippen LogP contribution in [-0.4, -0.2) is 60.3 Å². The number of benzene rings is 2. The second-order valence-electron chi connectivity index (χ2n) is 6.96. The van der Waals surface area contributed by atoms with E-state index in [2.05, 4.69) is 41.0 Å². The van der Waals surface area contributed by atoms with Crippen molar-refractivity contribution in [2.24, 2.45) is 0 Å². The Morgan fingerprint density at radius 3 is 2.50 bits per heavy atom. The molecule has 1 heterocycles. The normalized spacial score (nSPS) is 17.2. The summed E-state index contributed by atoms with van der Waals surface area (Å²) in [6.07, 6.45) is -0.627. The van der Waals surface area contributed by atoms with Crippen molar-refractivity contribution in [2.75, 3.05) is 39.3 Å². The summed E-state index contributed by atoms with van der Waals surface area (Å²) in [5, 5.41) is 10.2. The Bertz CT molecular complexity index is 702. The molecule has 0 aromatic heterocycles. The van der Waals surface area contributed by atoms with E-state index in [1.165, 1.54) is 17.2 Å². The van der Waals surface area contributed by atoms with Crippen LogP contribution in [0.2, 0.25) is 0 Å². The van der Waals surface area contributed by atoms with Gasteiger partial charge < -0.3 is 9.84 Å². The molecule has 1 atom stereocenters. The topological polar surface area (TPSA) is 35.9 Å². The molecule has 1 fully saturated rings. The maximum atomic E-state index is 13.5. The molecule has 0 spiro atoms. The van der Waals surface area contributed by atoms with Gasteiger partial charge in [-0.05, 0) is 24.6 Å². The predicted octanol–water partition coefficient (Wildman–Crippen LogP) is 2.69. The molecule has 3 rings (SSSR count). The molecule has 140 valence electrons. The van der Waals surface area contributed by atoms with Gasteiger partial charge in [0.1, 0.15) is 12.7 Å². The van der Waals surface area contributed by atoms with Crippen LogP contribution >= 0.6 is 0 Å². The number of rotatable bonds is 7. The minimum Gasteiger partial charge on any atom is -0.488 e. The van der Waals surface area contributed by atoms with Crippen LogP contribution in [0, 0.1) is 12.7 Å². The first kappa shape index (κ1) is 18.8. The average Bonchev–Trinajstić information content (AvgIpc) is 2.63. The van der Waals surface area contributed by atoms with Crippen molar-refractivity contribution >= 4 is 0 Å². The van der Waals surface area contributed by atoms with Crippen LogP contribution in [0.4, 0.5) is 4.39 Å². The Morgan fingerprint density at radius 2 is 1.77 bits per heavy atom. The first-order valence-electron chi connectivity index (χ1n) is 9.16. The third-order valence-electron chi connectivity index (χ3n) is 4.69. The van der Waals surface area contributed by atoms with Crippen molar-refractivity contribution in [3.8, 4) is 5.75 Å². The summed E-state index contributed by atoms with van der Waals surface area (Å²) in [5.41, 5.74) is 2.64. The SMILES string of the molecule is Cc1cccc(CN2CCN(CC(O)COc3ccccc3F)CC2)c1. The highest BCUT2D eigenvalue weighted by molar-refractivity contribution is 5.23. The van der Waals surface area contributed by atoms with Crippen molar-refractivity contribution < 1.29 is 14.2 Å². The zero-order chi connectivity index (χ0) is 18.4. The molecule has 1 aliphatic heterocycles. The molecule has 0 bridgehead atoms. The number of nitrogens with zero attached hydrogens (tertiary/aromatic N) is 2. The third-order valence-corrected chi connectivity index (χ3v) is 4.69. The van der Waals surface area contributed by atoms with E-state index in [4.69, 9.17) is 4.74 Å². The number of aliphatic hydroxyl groups excluding tert-OH is 1. The summed E-state index contributed by atoms with van der Waals surface area (Å²) in [5.74, 6) is -0.209. The zero-order valence-electron chi connectivity index (χ0n) is 15.3. The van der Waals surface area contributed by atoms with Crippen LogP contribution in [0.15, 0.2) is 48.5 Å². The van der Waals surface area contributed by atoms with Crippen LogP contribution in [0.1, 0.15) is 11.1 Å². The number of halogens is 1. The fourth-order valence-corrected chi connectivity index (χ4v) is 3.30. The second-order valence-corrected chi connectivity index (χ2v) is 6.96. The van der Waals surface area contributed by atoms with Crippen molar-refractivity contribution in [3.63, 3.8) is 0 Å². The Morgan fingerprint density at radius 1 is 1.04 bits per heavy atom. The minimum absolute atomic E-state index is 0.102. The van der Waals surface area contributed by atoms with Crippen molar-refractivity contribution in [1.82, 2.24) is 9.80 Å². The van der Waals surface area contributed by atoms with E-state index in [-0.39, 0.29) is 12.4 Å². The number of ether oxygens (including phenoxy) is 1. The van der Waals surface area contributed by atoms with Crippen molar-refractivity contribution in [1.29, 1.82) is 0 Å². The molecule has 1 N–H and O–H groups in total. The van der Waals surface area contributed by atoms with Gasteiger partial charge in [-0.1, -0.05) is 42.0 Å². The number of β-amino-alcohol motifs (C(OH)–C–C–N with tert-alkyl or cyclic N) is 1. The van der Waals surface area contributed by atoms with E-state index in [0.717, 1.165) is 32.7 Å². The monoisotopic (exact) mass is 358 g/mol. The molecule has 0 aliphatic carbocycles. The molecule has 26 heavy (non-hydrogen) atoms. The number of para-hydroxylation sites is 1. The highest BCUT2D eigenvalue weighted by Gasteiger charge is 2.20. The summed E-state index contributed by atoms with van der Waals surface area (Å²) in [6.45, 7) is 7.53.